The zero-order valence-electron chi connectivity index (χ0n) is 8.33. The largest absolute Gasteiger partial charge is 0.348 e. The normalized spacial score (nSPS) is 14.5. The number of hydrogen-bond donors (Lipinski definition) is 1. The third kappa shape index (κ3) is 3.04. The first-order valence-corrected chi connectivity index (χ1v) is 5.05. The van der Waals surface area contributed by atoms with Crippen LogP contribution in [-0.4, -0.2) is 17.3 Å². The minimum Gasteiger partial charge on any atom is -0.348 e. The van der Waals surface area contributed by atoms with E-state index in [1.165, 1.54) is 0 Å². The van der Waals surface area contributed by atoms with E-state index in [-0.39, 0.29) is 17.3 Å². The van der Waals surface area contributed by atoms with Crippen LogP contribution in [0.1, 0.15) is 24.2 Å². The summed E-state index contributed by atoms with van der Waals surface area (Å²) in [5.41, 5.74) is 0.664. The molecule has 1 N–H and O–H groups in total. The van der Waals surface area contributed by atoms with Gasteiger partial charge in [-0.05, 0) is 26.0 Å². The van der Waals surface area contributed by atoms with Crippen LogP contribution in [-0.2, 0) is 0 Å². The highest BCUT2D eigenvalue weighted by molar-refractivity contribution is 6.21. The summed E-state index contributed by atoms with van der Waals surface area (Å²) in [5.74, 6) is -0.0781. The Bertz CT molecular complexity index is 297. The molecule has 2 nitrogen and oxygen atoms in total. The van der Waals surface area contributed by atoms with Gasteiger partial charge in [0.25, 0.3) is 5.91 Å². The molecule has 1 rings (SSSR count). The molecule has 0 heterocycles. The Kier molecular flexibility index (Phi) is 3.96. The van der Waals surface area contributed by atoms with Crippen molar-refractivity contribution in [1.29, 1.82) is 0 Å². The van der Waals surface area contributed by atoms with Crippen molar-refractivity contribution in [3.63, 3.8) is 0 Å². The van der Waals surface area contributed by atoms with Crippen molar-refractivity contribution in [2.45, 2.75) is 25.3 Å². The second-order valence-electron chi connectivity index (χ2n) is 3.31. The number of nitrogens with one attached hydrogen (secondary N) is 1. The molecule has 14 heavy (non-hydrogen) atoms. The average Bonchev–Trinajstić information content (AvgIpc) is 2.19. The predicted octanol–water partition coefficient (Wildman–Crippen LogP) is 2.43. The van der Waals surface area contributed by atoms with Crippen molar-refractivity contribution in [2.24, 2.45) is 0 Å². The Morgan fingerprint density at radius 1 is 1.29 bits per heavy atom. The van der Waals surface area contributed by atoms with E-state index in [2.05, 4.69) is 5.32 Å². The molecule has 0 spiro atoms. The predicted molar refractivity (Wildman–Crippen MR) is 58.7 cm³/mol. The van der Waals surface area contributed by atoms with Crippen molar-refractivity contribution in [3.8, 4) is 0 Å². The van der Waals surface area contributed by atoms with Crippen LogP contribution in [0.3, 0.4) is 0 Å². The van der Waals surface area contributed by atoms with Crippen LogP contribution in [0.2, 0.25) is 0 Å². The van der Waals surface area contributed by atoms with Gasteiger partial charge in [0.05, 0.1) is 5.38 Å². The SMILES string of the molecule is C[C@H](NC(=O)c1ccccc1)[C@@H](C)Cl. The van der Waals surface area contributed by atoms with E-state index < -0.39 is 0 Å². The fraction of sp³-hybridized carbons (Fsp3) is 0.364. The van der Waals surface area contributed by atoms with E-state index in [1.807, 2.05) is 32.0 Å². The molecule has 0 aliphatic heterocycles. The molecule has 0 unspecified atom stereocenters. The van der Waals surface area contributed by atoms with Gasteiger partial charge in [-0.3, -0.25) is 4.79 Å². The summed E-state index contributed by atoms with van der Waals surface area (Å²) in [4.78, 5) is 11.6. The second kappa shape index (κ2) is 5.01. The van der Waals surface area contributed by atoms with Gasteiger partial charge in [-0.2, -0.15) is 0 Å². The molecule has 0 radical (unpaired) electrons. The van der Waals surface area contributed by atoms with Gasteiger partial charge in [-0.1, -0.05) is 18.2 Å². The third-order valence-corrected chi connectivity index (χ3v) is 2.46. The molecule has 1 aromatic rings. The van der Waals surface area contributed by atoms with E-state index in [0.29, 0.717) is 5.56 Å². The van der Waals surface area contributed by atoms with Crippen LogP contribution in [0.15, 0.2) is 30.3 Å². The molecule has 3 heteroatoms. The molecular weight excluding hydrogens is 198 g/mol. The molecule has 0 aliphatic rings. The quantitative estimate of drug-likeness (QED) is 0.765. The van der Waals surface area contributed by atoms with E-state index in [0.717, 1.165) is 0 Å². The number of amides is 1. The van der Waals surface area contributed by atoms with Crippen LogP contribution < -0.4 is 5.32 Å². The highest BCUT2D eigenvalue weighted by atomic mass is 35.5. The summed E-state index contributed by atoms with van der Waals surface area (Å²) >= 11 is 5.85. The van der Waals surface area contributed by atoms with Crippen LogP contribution in [0.5, 0.6) is 0 Å². The van der Waals surface area contributed by atoms with Gasteiger partial charge in [-0.25, -0.2) is 0 Å². The molecule has 76 valence electrons. The number of alkyl halides is 1. The molecular formula is C11H14ClNO. The van der Waals surface area contributed by atoms with Gasteiger partial charge < -0.3 is 5.32 Å². The first-order chi connectivity index (χ1) is 6.61. The smallest absolute Gasteiger partial charge is 0.251 e. The van der Waals surface area contributed by atoms with Crippen molar-refractivity contribution >= 4 is 17.5 Å². The van der Waals surface area contributed by atoms with Gasteiger partial charge in [0.15, 0.2) is 0 Å². The summed E-state index contributed by atoms with van der Waals surface area (Å²) in [6, 6.07) is 9.09. The summed E-state index contributed by atoms with van der Waals surface area (Å²) in [5, 5.41) is 2.76. The highest BCUT2D eigenvalue weighted by Gasteiger charge is 2.12. The highest BCUT2D eigenvalue weighted by Crippen LogP contribution is 2.03. The van der Waals surface area contributed by atoms with E-state index >= 15 is 0 Å². The summed E-state index contributed by atoms with van der Waals surface area (Å²) in [6.45, 7) is 3.75. The molecule has 0 saturated carbocycles. The molecule has 0 saturated heterocycles. The molecule has 1 amide bonds. The molecule has 0 aliphatic carbocycles. The molecule has 0 fully saturated rings. The number of halogens is 1. The van der Waals surface area contributed by atoms with E-state index in [1.54, 1.807) is 12.1 Å². The Hall–Kier alpha value is -1.02. The van der Waals surface area contributed by atoms with Crippen LogP contribution in [0, 0.1) is 0 Å². The maximum absolute atomic E-state index is 11.6. The zero-order valence-corrected chi connectivity index (χ0v) is 9.08. The van der Waals surface area contributed by atoms with Gasteiger partial charge >= 0.3 is 0 Å². The second-order valence-corrected chi connectivity index (χ2v) is 3.99. The number of benzene rings is 1. The van der Waals surface area contributed by atoms with E-state index in [4.69, 9.17) is 11.6 Å². The lowest BCUT2D eigenvalue weighted by Crippen LogP contribution is -2.37. The minimum absolute atomic E-state index is 0.0237. The van der Waals surface area contributed by atoms with Gasteiger partial charge in [0, 0.05) is 11.6 Å². The maximum atomic E-state index is 11.6. The van der Waals surface area contributed by atoms with Crippen LogP contribution in [0.4, 0.5) is 0 Å². The van der Waals surface area contributed by atoms with Gasteiger partial charge in [0.1, 0.15) is 0 Å². The van der Waals surface area contributed by atoms with Crippen LogP contribution >= 0.6 is 11.6 Å². The Morgan fingerprint density at radius 3 is 2.36 bits per heavy atom. The monoisotopic (exact) mass is 211 g/mol. The Balaban J connectivity index is 2.60. The average molecular weight is 212 g/mol. The van der Waals surface area contributed by atoms with Crippen LogP contribution in [0.25, 0.3) is 0 Å². The Morgan fingerprint density at radius 2 is 1.86 bits per heavy atom. The topological polar surface area (TPSA) is 29.1 Å². The van der Waals surface area contributed by atoms with Crippen molar-refractivity contribution < 1.29 is 4.79 Å². The number of rotatable bonds is 3. The maximum Gasteiger partial charge on any atom is 0.251 e. The van der Waals surface area contributed by atoms with Gasteiger partial charge in [-0.15, -0.1) is 11.6 Å². The molecule has 2 atom stereocenters. The first-order valence-electron chi connectivity index (χ1n) is 4.61. The van der Waals surface area contributed by atoms with E-state index in [9.17, 15) is 4.79 Å². The lowest BCUT2D eigenvalue weighted by Gasteiger charge is -2.15. The van der Waals surface area contributed by atoms with Crippen molar-refractivity contribution in [2.75, 3.05) is 0 Å². The summed E-state index contributed by atoms with van der Waals surface area (Å²) < 4.78 is 0. The summed E-state index contributed by atoms with van der Waals surface area (Å²) in [6.07, 6.45) is 0. The molecule has 1 aromatic carbocycles. The molecule has 0 bridgehead atoms. The lowest BCUT2D eigenvalue weighted by atomic mass is 10.2. The standard InChI is InChI=1S/C11H14ClNO/c1-8(12)9(2)13-11(14)10-6-4-3-5-7-10/h3-9H,1-2H3,(H,13,14)/t8-,9+/m1/s1. The molecule has 0 aromatic heterocycles. The zero-order chi connectivity index (χ0) is 10.6. The summed E-state index contributed by atoms with van der Waals surface area (Å²) in [7, 11) is 0. The minimum atomic E-state index is -0.0781. The van der Waals surface area contributed by atoms with Crippen molar-refractivity contribution in [1.82, 2.24) is 5.32 Å². The Labute approximate surface area is 89.3 Å². The fourth-order valence-electron chi connectivity index (χ4n) is 0.994. The fourth-order valence-corrected chi connectivity index (χ4v) is 1.06. The number of carbonyl (C=O) groups is 1. The van der Waals surface area contributed by atoms with Gasteiger partial charge in [0.2, 0.25) is 0 Å². The third-order valence-electron chi connectivity index (χ3n) is 2.08. The first kappa shape index (κ1) is 11.1. The lowest BCUT2D eigenvalue weighted by molar-refractivity contribution is 0.0940. The van der Waals surface area contributed by atoms with Crippen molar-refractivity contribution in [3.05, 3.63) is 35.9 Å². The number of hydrogen-bond acceptors (Lipinski definition) is 1. The number of carbonyl (C=O) groups excluding carboxylic acids is 1.